The average Bonchev–Trinajstić information content (AvgIpc) is 2.81. The Morgan fingerprint density at radius 2 is 1.76 bits per heavy atom. The number of ether oxygens (including phenoxy) is 2. The molecule has 8 heteroatoms. The highest BCUT2D eigenvalue weighted by atomic mass is 32.2. The van der Waals surface area contributed by atoms with Gasteiger partial charge in [0.2, 0.25) is 11.8 Å². The van der Waals surface area contributed by atoms with Crippen LogP contribution in [0.5, 0.6) is 11.5 Å². The van der Waals surface area contributed by atoms with E-state index in [1.54, 1.807) is 7.11 Å². The molecule has 2 aromatic carbocycles. The molecule has 0 spiro atoms. The van der Waals surface area contributed by atoms with Gasteiger partial charge in [0.05, 0.1) is 18.6 Å². The lowest BCUT2D eigenvalue weighted by Crippen LogP contribution is -2.28. The number of anilines is 1. The Balaban J connectivity index is 1.72. The Morgan fingerprint density at radius 1 is 1.00 bits per heavy atom. The van der Waals surface area contributed by atoms with E-state index in [1.807, 2.05) is 49.4 Å². The largest absolute Gasteiger partial charge is 0.493 e. The SMILES string of the molecule is CCN(CC)CCOc1ccc(CNC(=O)CSCC(=O)Nc2cccc(C)c2)cc1OC. The molecule has 0 aromatic heterocycles. The van der Waals surface area contributed by atoms with Gasteiger partial charge < -0.3 is 25.0 Å². The van der Waals surface area contributed by atoms with E-state index in [0.717, 1.165) is 36.4 Å². The topological polar surface area (TPSA) is 79.9 Å². The van der Waals surface area contributed by atoms with Gasteiger partial charge in [-0.05, 0) is 55.4 Å². The molecule has 0 aliphatic carbocycles. The molecule has 2 N–H and O–H groups in total. The normalized spacial score (nSPS) is 10.7. The molecule has 0 fully saturated rings. The monoisotopic (exact) mass is 473 g/mol. The van der Waals surface area contributed by atoms with Crippen LogP contribution in [0.3, 0.4) is 0 Å². The number of methoxy groups -OCH3 is 1. The molecular weight excluding hydrogens is 438 g/mol. The van der Waals surface area contributed by atoms with Crippen LogP contribution in [0.15, 0.2) is 42.5 Å². The number of hydrogen-bond acceptors (Lipinski definition) is 6. The summed E-state index contributed by atoms with van der Waals surface area (Å²) in [5.74, 6) is 1.51. The maximum Gasteiger partial charge on any atom is 0.234 e. The summed E-state index contributed by atoms with van der Waals surface area (Å²) in [6.45, 7) is 10.0. The average molecular weight is 474 g/mol. The number of amides is 2. The summed E-state index contributed by atoms with van der Waals surface area (Å²) < 4.78 is 11.3. The summed E-state index contributed by atoms with van der Waals surface area (Å²) in [6, 6.07) is 13.3. The molecule has 33 heavy (non-hydrogen) atoms. The first-order chi connectivity index (χ1) is 15.9. The Bertz CT molecular complexity index is 903. The summed E-state index contributed by atoms with van der Waals surface area (Å²) in [5.41, 5.74) is 2.76. The number of nitrogens with zero attached hydrogens (tertiary/aromatic N) is 1. The van der Waals surface area contributed by atoms with Gasteiger partial charge in [-0.15, -0.1) is 11.8 Å². The smallest absolute Gasteiger partial charge is 0.234 e. The summed E-state index contributed by atoms with van der Waals surface area (Å²) in [4.78, 5) is 26.5. The van der Waals surface area contributed by atoms with Crippen LogP contribution in [0.25, 0.3) is 0 Å². The van der Waals surface area contributed by atoms with E-state index >= 15 is 0 Å². The molecule has 0 atom stereocenters. The first kappa shape index (κ1) is 26.5. The number of rotatable bonds is 14. The van der Waals surface area contributed by atoms with Crippen LogP contribution in [-0.4, -0.2) is 61.6 Å². The van der Waals surface area contributed by atoms with E-state index < -0.39 is 0 Å². The molecule has 0 saturated carbocycles. The number of hydrogen-bond donors (Lipinski definition) is 2. The van der Waals surface area contributed by atoms with E-state index in [1.165, 1.54) is 11.8 Å². The molecule has 7 nitrogen and oxygen atoms in total. The minimum atomic E-state index is -0.125. The lowest BCUT2D eigenvalue weighted by atomic mass is 10.2. The summed E-state index contributed by atoms with van der Waals surface area (Å²) >= 11 is 1.28. The molecule has 0 aliphatic rings. The standard InChI is InChI=1S/C25H35N3O4S/c1-5-28(6-2)12-13-32-22-11-10-20(15-23(22)31-4)16-26-24(29)17-33-18-25(30)27-21-9-7-8-19(3)14-21/h7-11,14-15H,5-6,12-13,16-18H2,1-4H3,(H,26,29)(H,27,30). The number of benzene rings is 2. The number of thioether (sulfide) groups is 1. The van der Waals surface area contributed by atoms with Gasteiger partial charge >= 0.3 is 0 Å². The fourth-order valence-corrected chi connectivity index (χ4v) is 3.82. The Labute approximate surface area is 201 Å². The molecule has 0 heterocycles. The van der Waals surface area contributed by atoms with E-state index in [0.29, 0.717) is 24.7 Å². The minimum Gasteiger partial charge on any atom is -0.493 e. The third-order valence-corrected chi connectivity index (χ3v) is 5.98. The lowest BCUT2D eigenvalue weighted by Gasteiger charge is -2.19. The Kier molecular flexibility index (Phi) is 11.6. The first-order valence-corrected chi connectivity index (χ1v) is 12.3. The van der Waals surface area contributed by atoms with Crippen LogP contribution < -0.4 is 20.1 Å². The van der Waals surface area contributed by atoms with Crippen LogP contribution in [0.2, 0.25) is 0 Å². The van der Waals surface area contributed by atoms with Crippen molar-refractivity contribution < 1.29 is 19.1 Å². The second-order valence-electron chi connectivity index (χ2n) is 7.55. The van der Waals surface area contributed by atoms with Crippen LogP contribution in [0.1, 0.15) is 25.0 Å². The molecule has 2 aromatic rings. The number of carbonyl (C=O) groups excluding carboxylic acids is 2. The van der Waals surface area contributed by atoms with Crippen LogP contribution >= 0.6 is 11.8 Å². The maximum atomic E-state index is 12.2. The third kappa shape index (κ3) is 9.75. The molecule has 0 saturated heterocycles. The highest BCUT2D eigenvalue weighted by molar-refractivity contribution is 8.00. The van der Waals surface area contributed by atoms with E-state index in [9.17, 15) is 9.59 Å². The van der Waals surface area contributed by atoms with Crippen LogP contribution in [-0.2, 0) is 16.1 Å². The number of likely N-dealkylation sites (N-methyl/N-ethyl adjacent to an activating group) is 1. The van der Waals surface area contributed by atoms with Crippen molar-refractivity contribution in [2.75, 3.05) is 50.2 Å². The van der Waals surface area contributed by atoms with Gasteiger partial charge in [-0.1, -0.05) is 32.0 Å². The molecule has 0 radical (unpaired) electrons. The fourth-order valence-electron chi connectivity index (χ4n) is 3.17. The highest BCUT2D eigenvalue weighted by Crippen LogP contribution is 2.28. The van der Waals surface area contributed by atoms with Crippen molar-refractivity contribution in [3.05, 3.63) is 53.6 Å². The Morgan fingerprint density at radius 3 is 2.45 bits per heavy atom. The van der Waals surface area contributed by atoms with Gasteiger partial charge in [-0.3, -0.25) is 9.59 Å². The zero-order valence-corrected chi connectivity index (χ0v) is 20.8. The predicted octanol–water partition coefficient (Wildman–Crippen LogP) is 3.71. The van der Waals surface area contributed by atoms with Crippen LogP contribution in [0.4, 0.5) is 5.69 Å². The van der Waals surface area contributed by atoms with Gasteiger partial charge in [0, 0.05) is 18.8 Å². The minimum absolute atomic E-state index is 0.123. The van der Waals surface area contributed by atoms with E-state index in [4.69, 9.17) is 9.47 Å². The van der Waals surface area contributed by atoms with Gasteiger partial charge in [0.25, 0.3) is 0 Å². The van der Waals surface area contributed by atoms with E-state index in [-0.39, 0.29) is 23.3 Å². The van der Waals surface area contributed by atoms with Gasteiger partial charge in [0.15, 0.2) is 11.5 Å². The molecule has 2 amide bonds. The molecule has 2 rings (SSSR count). The summed E-state index contributed by atoms with van der Waals surface area (Å²) in [6.07, 6.45) is 0. The van der Waals surface area contributed by atoms with Crippen molar-refractivity contribution in [3.63, 3.8) is 0 Å². The molecular formula is C25H35N3O4S. The predicted molar refractivity (Wildman–Crippen MR) is 135 cm³/mol. The highest BCUT2D eigenvalue weighted by Gasteiger charge is 2.09. The number of carbonyl (C=O) groups is 2. The van der Waals surface area contributed by atoms with Crippen molar-refractivity contribution in [2.45, 2.75) is 27.3 Å². The fraction of sp³-hybridized carbons (Fsp3) is 0.440. The quantitative estimate of drug-likeness (QED) is 0.435. The Hall–Kier alpha value is -2.71. The van der Waals surface area contributed by atoms with Crippen molar-refractivity contribution in [3.8, 4) is 11.5 Å². The molecule has 0 bridgehead atoms. The third-order valence-electron chi connectivity index (χ3n) is 5.05. The number of aryl methyl sites for hydroxylation is 1. The molecule has 0 unspecified atom stereocenters. The zero-order chi connectivity index (χ0) is 24.1. The van der Waals surface area contributed by atoms with Crippen molar-refractivity contribution in [2.24, 2.45) is 0 Å². The zero-order valence-electron chi connectivity index (χ0n) is 20.0. The van der Waals surface area contributed by atoms with E-state index in [2.05, 4.69) is 29.4 Å². The maximum absolute atomic E-state index is 12.2. The van der Waals surface area contributed by atoms with Gasteiger partial charge in [0.1, 0.15) is 6.61 Å². The van der Waals surface area contributed by atoms with Crippen LogP contribution in [0, 0.1) is 6.92 Å². The van der Waals surface area contributed by atoms with Gasteiger partial charge in [-0.25, -0.2) is 0 Å². The molecule has 0 aliphatic heterocycles. The summed E-state index contributed by atoms with van der Waals surface area (Å²) in [5, 5.41) is 5.72. The lowest BCUT2D eigenvalue weighted by molar-refractivity contribution is -0.118. The second-order valence-corrected chi connectivity index (χ2v) is 8.53. The second kappa shape index (κ2) is 14.4. The van der Waals surface area contributed by atoms with Crippen molar-refractivity contribution >= 4 is 29.3 Å². The van der Waals surface area contributed by atoms with Crippen molar-refractivity contribution in [1.29, 1.82) is 0 Å². The first-order valence-electron chi connectivity index (χ1n) is 11.2. The molecule has 180 valence electrons. The number of nitrogens with one attached hydrogen (secondary N) is 2. The summed E-state index contributed by atoms with van der Waals surface area (Å²) in [7, 11) is 1.60. The van der Waals surface area contributed by atoms with Gasteiger partial charge in [-0.2, -0.15) is 0 Å². The van der Waals surface area contributed by atoms with Crippen molar-refractivity contribution in [1.82, 2.24) is 10.2 Å².